The predicted molar refractivity (Wildman–Crippen MR) is 78.4 cm³/mol. The van der Waals surface area contributed by atoms with Crippen LogP contribution in [0.4, 0.5) is 5.82 Å². The maximum Gasteiger partial charge on any atom is 0.227 e. The second-order valence-corrected chi connectivity index (χ2v) is 4.53. The average molecular weight is 273 g/mol. The summed E-state index contributed by atoms with van der Waals surface area (Å²) in [5.41, 5.74) is 7.73. The van der Waals surface area contributed by atoms with E-state index in [2.05, 4.69) is 16.9 Å². The zero-order valence-electron chi connectivity index (χ0n) is 12.2. The van der Waals surface area contributed by atoms with E-state index in [1.54, 1.807) is 14.0 Å². The minimum atomic E-state index is 0.427. The predicted octanol–water partition coefficient (Wildman–Crippen LogP) is 3.04. The number of anilines is 1. The molecule has 0 saturated heterocycles. The van der Waals surface area contributed by atoms with Crippen LogP contribution in [0.2, 0.25) is 0 Å². The van der Waals surface area contributed by atoms with Crippen molar-refractivity contribution in [2.75, 3.05) is 12.8 Å². The highest BCUT2D eigenvalue weighted by atomic mass is 16.5. The van der Waals surface area contributed by atoms with Crippen LogP contribution in [0, 0.1) is 13.8 Å². The van der Waals surface area contributed by atoms with E-state index >= 15 is 0 Å². The zero-order valence-corrected chi connectivity index (χ0v) is 12.2. The minimum absolute atomic E-state index is 0.427. The average Bonchev–Trinajstić information content (AvgIpc) is 2.44. The molecule has 0 aliphatic rings. The SMILES string of the molecule is CCc1ccc(Oc2nc(C)nc(N)c2C)c(OC)c1. The van der Waals surface area contributed by atoms with Crippen molar-refractivity contribution in [1.82, 2.24) is 9.97 Å². The summed E-state index contributed by atoms with van der Waals surface area (Å²) in [7, 11) is 1.62. The van der Waals surface area contributed by atoms with Gasteiger partial charge in [0.2, 0.25) is 5.88 Å². The lowest BCUT2D eigenvalue weighted by Crippen LogP contribution is -2.03. The first-order chi connectivity index (χ1) is 9.55. The highest BCUT2D eigenvalue weighted by Gasteiger charge is 2.12. The van der Waals surface area contributed by atoms with E-state index in [0.717, 1.165) is 12.0 Å². The molecule has 20 heavy (non-hydrogen) atoms. The number of methoxy groups -OCH3 is 1. The molecule has 2 aromatic rings. The van der Waals surface area contributed by atoms with Gasteiger partial charge < -0.3 is 15.2 Å². The van der Waals surface area contributed by atoms with Crippen molar-refractivity contribution in [3.05, 3.63) is 35.2 Å². The largest absolute Gasteiger partial charge is 0.493 e. The Balaban J connectivity index is 2.39. The van der Waals surface area contributed by atoms with E-state index in [9.17, 15) is 0 Å². The van der Waals surface area contributed by atoms with E-state index < -0.39 is 0 Å². The minimum Gasteiger partial charge on any atom is -0.493 e. The molecule has 106 valence electrons. The number of ether oxygens (including phenoxy) is 2. The van der Waals surface area contributed by atoms with Gasteiger partial charge in [-0.1, -0.05) is 13.0 Å². The lowest BCUT2D eigenvalue weighted by molar-refractivity contribution is 0.372. The summed E-state index contributed by atoms with van der Waals surface area (Å²) >= 11 is 0. The van der Waals surface area contributed by atoms with Crippen molar-refractivity contribution in [2.45, 2.75) is 27.2 Å². The van der Waals surface area contributed by atoms with Crippen molar-refractivity contribution in [3.8, 4) is 17.4 Å². The van der Waals surface area contributed by atoms with Gasteiger partial charge in [-0.2, -0.15) is 4.98 Å². The first-order valence-electron chi connectivity index (χ1n) is 6.50. The fraction of sp³-hybridized carbons (Fsp3) is 0.333. The molecular formula is C15H19N3O2. The van der Waals surface area contributed by atoms with Crippen LogP contribution in [0.1, 0.15) is 23.9 Å². The number of benzene rings is 1. The van der Waals surface area contributed by atoms with Crippen LogP contribution in [-0.4, -0.2) is 17.1 Å². The van der Waals surface area contributed by atoms with Gasteiger partial charge in [-0.3, -0.25) is 0 Å². The number of aromatic nitrogens is 2. The third kappa shape index (κ3) is 2.82. The van der Waals surface area contributed by atoms with Crippen molar-refractivity contribution in [3.63, 3.8) is 0 Å². The number of aryl methyl sites for hydroxylation is 2. The third-order valence-electron chi connectivity index (χ3n) is 3.09. The molecule has 0 bridgehead atoms. The molecule has 0 unspecified atom stereocenters. The molecule has 0 aliphatic carbocycles. The molecule has 2 rings (SSSR count). The van der Waals surface area contributed by atoms with E-state index in [-0.39, 0.29) is 0 Å². The van der Waals surface area contributed by atoms with E-state index in [1.807, 2.05) is 25.1 Å². The maximum absolute atomic E-state index is 5.84. The number of nitrogen functional groups attached to an aromatic ring is 1. The highest BCUT2D eigenvalue weighted by molar-refractivity contribution is 5.49. The molecule has 2 N–H and O–H groups in total. The Kier molecular flexibility index (Phi) is 4.08. The van der Waals surface area contributed by atoms with Gasteiger partial charge in [0, 0.05) is 0 Å². The number of hydrogen-bond acceptors (Lipinski definition) is 5. The van der Waals surface area contributed by atoms with Crippen LogP contribution in [0.3, 0.4) is 0 Å². The summed E-state index contributed by atoms with van der Waals surface area (Å²) in [6, 6.07) is 5.84. The van der Waals surface area contributed by atoms with Gasteiger partial charge in [0.25, 0.3) is 0 Å². The van der Waals surface area contributed by atoms with Crippen LogP contribution in [-0.2, 0) is 6.42 Å². The maximum atomic E-state index is 5.84. The Bertz CT molecular complexity index is 627. The standard InChI is InChI=1S/C15H19N3O2/c1-5-11-6-7-12(13(8-11)19-4)20-15-9(2)14(16)17-10(3)18-15/h6-8H,5H2,1-4H3,(H2,16,17,18). The number of rotatable bonds is 4. The molecule has 0 fully saturated rings. The van der Waals surface area contributed by atoms with Gasteiger partial charge in [0.1, 0.15) is 11.6 Å². The number of nitrogens with two attached hydrogens (primary N) is 1. The van der Waals surface area contributed by atoms with Crippen molar-refractivity contribution >= 4 is 5.82 Å². The van der Waals surface area contributed by atoms with Crippen LogP contribution in [0.25, 0.3) is 0 Å². The monoisotopic (exact) mass is 273 g/mol. The molecule has 0 saturated carbocycles. The third-order valence-corrected chi connectivity index (χ3v) is 3.09. The highest BCUT2D eigenvalue weighted by Crippen LogP contribution is 2.33. The normalized spacial score (nSPS) is 10.4. The topological polar surface area (TPSA) is 70.3 Å². The van der Waals surface area contributed by atoms with Gasteiger partial charge in [0.15, 0.2) is 11.5 Å². The van der Waals surface area contributed by atoms with E-state index in [1.165, 1.54) is 5.56 Å². The molecular weight excluding hydrogens is 254 g/mol. The summed E-state index contributed by atoms with van der Waals surface area (Å²) in [6.07, 6.45) is 0.940. The van der Waals surface area contributed by atoms with Crippen LogP contribution in [0.15, 0.2) is 18.2 Å². The fourth-order valence-corrected chi connectivity index (χ4v) is 1.84. The Morgan fingerprint density at radius 2 is 1.90 bits per heavy atom. The Hall–Kier alpha value is -2.30. The van der Waals surface area contributed by atoms with Crippen molar-refractivity contribution < 1.29 is 9.47 Å². The molecule has 0 spiro atoms. The summed E-state index contributed by atoms with van der Waals surface area (Å²) in [4.78, 5) is 8.38. The van der Waals surface area contributed by atoms with Gasteiger partial charge in [-0.05, 0) is 38.0 Å². The summed E-state index contributed by atoms with van der Waals surface area (Å²) < 4.78 is 11.2. The zero-order chi connectivity index (χ0) is 14.7. The molecule has 1 aromatic heterocycles. The number of hydrogen-bond donors (Lipinski definition) is 1. The summed E-state index contributed by atoms with van der Waals surface area (Å²) in [5, 5.41) is 0. The summed E-state index contributed by atoms with van der Waals surface area (Å²) in [6.45, 7) is 5.70. The van der Waals surface area contributed by atoms with Crippen LogP contribution >= 0.6 is 0 Å². The molecule has 5 nitrogen and oxygen atoms in total. The van der Waals surface area contributed by atoms with Gasteiger partial charge in [0.05, 0.1) is 12.7 Å². The Labute approximate surface area is 118 Å². The van der Waals surface area contributed by atoms with Gasteiger partial charge in [-0.15, -0.1) is 0 Å². The van der Waals surface area contributed by atoms with E-state index in [0.29, 0.717) is 29.0 Å². The van der Waals surface area contributed by atoms with Crippen LogP contribution < -0.4 is 15.2 Å². The Morgan fingerprint density at radius 1 is 1.15 bits per heavy atom. The molecule has 1 aromatic carbocycles. The molecule has 0 atom stereocenters. The fourth-order valence-electron chi connectivity index (χ4n) is 1.84. The van der Waals surface area contributed by atoms with Crippen molar-refractivity contribution in [2.24, 2.45) is 0 Å². The molecule has 0 aliphatic heterocycles. The Morgan fingerprint density at radius 3 is 2.55 bits per heavy atom. The lowest BCUT2D eigenvalue weighted by Gasteiger charge is -2.13. The molecule has 5 heteroatoms. The lowest BCUT2D eigenvalue weighted by atomic mass is 10.1. The molecule has 0 amide bonds. The second kappa shape index (κ2) is 5.77. The number of nitrogens with zero attached hydrogens (tertiary/aromatic N) is 2. The van der Waals surface area contributed by atoms with E-state index in [4.69, 9.17) is 15.2 Å². The van der Waals surface area contributed by atoms with Crippen molar-refractivity contribution in [1.29, 1.82) is 0 Å². The van der Waals surface area contributed by atoms with Gasteiger partial charge in [-0.25, -0.2) is 4.98 Å². The quantitative estimate of drug-likeness (QED) is 0.927. The molecule has 0 radical (unpaired) electrons. The first-order valence-corrected chi connectivity index (χ1v) is 6.50. The molecule has 1 heterocycles. The smallest absolute Gasteiger partial charge is 0.227 e. The summed E-state index contributed by atoms with van der Waals surface area (Å²) in [5.74, 6) is 2.75. The van der Waals surface area contributed by atoms with Crippen LogP contribution in [0.5, 0.6) is 17.4 Å². The van der Waals surface area contributed by atoms with Gasteiger partial charge >= 0.3 is 0 Å². The second-order valence-electron chi connectivity index (χ2n) is 4.53. The first kappa shape index (κ1) is 14.1.